The van der Waals surface area contributed by atoms with Crippen LogP contribution in [-0.2, 0) is 14.3 Å². The number of aliphatic carboxylic acids is 1. The lowest BCUT2D eigenvalue weighted by Crippen LogP contribution is -2.55. The molecule has 152 valence electrons. The number of carboxylic acids is 1. The Labute approximate surface area is 165 Å². The molecule has 0 radical (unpaired) electrons. The van der Waals surface area contributed by atoms with Crippen LogP contribution >= 0.6 is 0 Å². The van der Waals surface area contributed by atoms with Crippen LogP contribution in [0, 0.1) is 11.8 Å². The van der Waals surface area contributed by atoms with E-state index in [9.17, 15) is 9.59 Å². The Balaban J connectivity index is 1.45. The van der Waals surface area contributed by atoms with E-state index in [0.29, 0.717) is 31.8 Å². The number of hydrogen-bond donors (Lipinski definition) is 1. The van der Waals surface area contributed by atoms with E-state index >= 15 is 0 Å². The van der Waals surface area contributed by atoms with Crippen LogP contribution in [0.25, 0.3) is 0 Å². The monoisotopic (exact) mass is 387 g/mol. The third kappa shape index (κ3) is 3.62. The Hall–Kier alpha value is -2.08. The summed E-state index contributed by atoms with van der Waals surface area (Å²) < 4.78 is 12.9. The largest absolute Gasteiger partial charge is 0.487 e. The summed E-state index contributed by atoms with van der Waals surface area (Å²) in [5.74, 6) is 0.667. The topological polar surface area (TPSA) is 76.1 Å². The van der Waals surface area contributed by atoms with Gasteiger partial charge in [0.15, 0.2) is 0 Å². The van der Waals surface area contributed by atoms with Gasteiger partial charge in [-0.1, -0.05) is 18.2 Å². The van der Waals surface area contributed by atoms with E-state index < -0.39 is 5.97 Å². The summed E-state index contributed by atoms with van der Waals surface area (Å²) >= 11 is 0. The Bertz CT molecular complexity index is 761. The number of carbonyl (C=O) groups excluding carboxylic acids is 1. The predicted molar refractivity (Wildman–Crippen MR) is 103 cm³/mol. The second kappa shape index (κ2) is 7.39. The fraction of sp³-hybridized carbons (Fsp3) is 0.636. The molecule has 1 amide bonds. The van der Waals surface area contributed by atoms with Crippen LogP contribution in [0.4, 0.5) is 0 Å². The Morgan fingerprint density at radius 2 is 2.04 bits per heavy atom. The average molecular weight is 387 g/mol. The maximum atomic E-state index is 12.5. The van der Waals surface area contributed by atoms with Crippen molar-refractivity contribution >= 4 is 11.9 Å². The van der Waals surface area contributed by atoms with E-state index in [2.05, 4.69) is 19.9 Å². The van der Waals surface area contributed by atoms with E-state index in [-0.39, 0.29) is 36.1 Å². The summed E-state index contributed by atoms with van der Waals surface area (Å²) in [7, 11) is 0. The molecule has 1 aromatic carbocycles. The van der Waals surface area contributed by atoms with Crippen LogP contribution in [0.5, 0.6) is 5.75 Å². The normalized spacial score (nSPS) is 30.4. The average Bonchev–Trinajstić information content (AvgIpc) is 2.66. The molecule has 3 heterocycles. The minimum Gasteiger partial charge on any atom is -0.487 e. The molecule has 1 aromatic rings. The number of ether oxygens (including phenoxy) is 2. The van der Waals surface area contributed by atoms with Crippen LogP contribution < -0.4 is 4.74 Å². The lowest BCUT2D eigenvalue weighted by atomic mass is 9.70. The van der Waals surface area contributed by atoms with Gasteiger partial charge in [-0.25, -0.2) is 0 Å². The number of rotatable bonds is 4. The number of carboxylic acid groups (broad SMARTS) is 1. The van der Waals surface area contributed by atoms with E-state index in [4.69, 9.17) is 14.6 Å². The van der Waals surface area contributed by atoms with Gasteiger partial charge in [-0.15, -0.1) is 0 Å². The molecule has 6 heteroatoms. The molecule has 0 aliphatic carbocycles. The van der Waals surface area contributed by atoms with Gasteiger partial charge >= 0.3 is 5.97 Å². The van der Waals surface area contributed by atoms with Crippen molar-refractivity contribution in [2.24, 2.45) is 11.8 Å². The fourth-order valence-electron chi connectivity index (χ4n) is 5.03. The zero-order chi connectivity index (χ0) is 19.9. The molecule has 0 bridgehead atoms. The van der Waals surface area contributed by atoms with Gasteiger partial charge < -0.3 is 19.5 Å². The Kier molecular flexibility index (Phi) is 5.08. The van der Waals surface area contributed by atoms with Crippen molar-refractivity contribution in [3.8, 4) is 5.75 Å². The zero-order valence-electron chi connectivity index (χ0n) is 16.6. The highest BCUT2D eigenvalue weighted by atomic mass is 16.5. The molecule has 0 spiro atoms. The summed E-state index contributed by atoms with van der Waals surface area (Å²) in [6.45, 7) is 5.63. The zero-order valence-corrected chi connectivity index (χ0v) is 16.6. The van der Waals surface area contributed by atoms with Crippen molar-refractivity contribution in [1.82, 2.24) is 4.90 Å². The van der Waals surface area contributed by atoms with E-state index in [0.717, 1.165) is 24.2 Å². The lowest BCUT2D eigenvalue weighted by molar-refractivity contribution is -0.188. The van der Waals surface area contributed by atoms with Crippen molar-refractivity contribution in [1.29, 1.82) is 0 Å². The van der Waals surface area contributed by atoms with Crippen molar-refractivity contribution in [3.05, 3.63) is 29.8 Å². The molecule has 2 fully saturated rings. The van der Waals surface area contributed by atoms with Gasteiger partial charge in [0.2, 0.25) is 5.91 Å². The van der Waals surface area contributed by atoms with Gasteiger partial charge in [0.25, 0.3) is 0 Å². The number of fused-ring (bicyclic) bond motifs is 4. The first-order chi connectivity index (χ1) is 13.3. The molecule has 3 aliphatic rings. The van der Waals surface area contributed by atoms with Crippen molar-refractivity contribution in [2.45, 2.75) is 63.8 Å². The molecular formula is C22H29NO5. The van der Waals surface area contributed by atoms with Crippen molar-refractivity contribution in [3.63, 3.8) is 0 Å². The standard InChI is InChI=1S/C22H29NO5/c1-22(2)16-12-14-13-23(19(24)8-5-9-20(25)26)11-10-17(14)27-21(16)15-6-3-4-7-18(15)28-22/h3-4,6-7,14,16-17,21H,5,8-13H2,1-2H3,(H,25,26)/t14-,16-,17-,21+/m1/s1. The summed E-state index contributed by atoms with van der Waals surface area (Å²) in [4.78, 5) is 25.1. The minimum absolute atomic E-state index is 0.0408. The van der Waals surface area contributed by atoms with Crippen LogP contribution in [0.2, 0.25) is 0 Å². The third-order valence-electron chi connectivity index (χ3n) is 6.53. The molecule has 1 N–H and O–H groups in total. The molecular weight excluding hydrogens is 358 g/mol. The van der Waals surface area contributed by atoms with Crippen molar-refractivity contribution < 1.29 is 24.2 Å². The maximum Gasteiger partial charge on any atom is 0.303 e. The lowest BCUT2D eigenvalue weighted by Gasteiger charge is -2.53. The first-order valence-corrected chi connectivity index (χ1v) is 10.3. The number of carbonyl (C=O) groups is 2. The molecule has 0 saturated carbocycles. The molecule has 4 atom stereocenters. The number of nitrogens with zero attached hydrogens (tertiary/aromatic N) is 1. The van der Waals surface area contributed by atoms with Gasteiger partial charge in [-0.05, 0) is 39.2 Å². The van der Waals surface area contributed by atoms with Crippen LogP contribution in [0.15, 0.2) is 24.3 Å². The van der Waals surface area contributed by atoms with Gasteiger partial charge in [-0.2, -0.15) is 0 Å². The molecule has 4 rings (SSSR count). The van der Waals surface area contributed by atoms with Crippen LogP contribution in [-0.4, -0.2) is 46.7 Å². The highest BCUT2D eigenvalue weighted by Gasteiger charge is 2.51. The molecule has 6 nitrogen and oxygen atoms in total. The van der Waals surface area contributed by atoms with Gasteiger partial charge in [0, 0.05) is 43.3 Å². The minimum atomic E-state index is -0.849. The first kappa shape index (κ1) is 19.2. The van der Waals surface area contributed by atoms with E-state index in [1.54, 1.807) is 0 Å². The molecule has 0 unspecified atom stereocenters. The van der Waals surface area contributed by atoms with Gasteiger partial charge in [0.05, 0.1) is 12.2 Å². The molecule has 3 aliphatic heterocycles. The number of likely N-dealkylation sites (tertiary alicyclic amines) is 1. The number of piperidine rings is 1. The summed E-state index contributed by atoms with van der Waals surface area (Å²) in [5.41, 5.74) is 0.815. The number of amides is 1. The highest BCUT2D eigenvalue weighted by Crippen LogP contribution is 2.52. The van der Waals surface area contributed by atoms with Gasteiger partial charge in [-0.3, -0.25) is 9.59 Å². The summed E-state index contributed by atoms with van der Waals surface area (Å²) in [6.07, 6.45) is 2.75. The highest BCUT2D eigenvalue weighted by molar-refractivity contribution is 5.77. The molecule has 0 aromatic heterocycles. The first-order valence-electron chi connectivity index (χ1n) is 10.3. The number of benzene rings is 1. The summed E-state index contributed by atoms with van der Waals surface area (Å²) in [6, 6.07) is 8.14. The third-order valence-corrected chi connectivity index (χ3v) is 6.53. The second-order valence-electron chi connectivity index (χ2n) is 8.82. The number of hydrogen-bond acceptors (Lipinski definition) is 4. The summed E-state index contributed by atoms with van der Waals surface area (Å²) in [5, 5.41) is 8.77. The SMILES string of the molecule is CC1(C)Oc2ccccc2[C@@H]2O[C@@H]3CCN(C(=O)CCCC(=O)O)C[C@H]3C[C@H]21. The Morgan fingerprint density at radius 1 is 1.25 bits per heavy atom. The maximum absolute atomic E-state index is 12.5. The van der Waals surface area contributed by atoms with Crippen LogP contribution in [0.3, 0.4) is 0 Å². The van der Waals surface area contributed by atoms with E-state index in [1.807, 2.05) is 23.1 Å². The van der Waals surface area contributed by atoms with Gasteiger partial charge in [0.1, 0.15) is 11.4 Å². The molecule has 28 heavy (non-hydrogen) atoms. The van der Waals surface area contributed by atoms with E-state index in [1.165, 1.54) is 0 Å². The fourth-order valence-corrected chi connectivity index (χ4v) is 5.03. The van der Waals surface area contributed by atoms with Crippen LogP contribution in [0.1, 0.15) is 57.6 Å². The quantitative estimate of drug-likeness (QED) is 0.857. The number of para-hydroxylation sites is 1. The Morgan fingerprint density at radius 3 is 2.82 bits per heavy atom. The molecule has 2 saturated heterocycles. The van der Waals surface area contributed by atoms with Crippen molar-refractivity contribution in [2.75, 3.05) is 13.1 Å². The predicted octanol–water partition coefficient (Wildman–Crippen LogP) is 3.41. The second-order valence-corrected chi connectivity index (χ2v) is 8.82. The smallest absolute Gasteiger partial charge is 0.303 e.